The summed E-state index contributed by atoms with van der Waals surface area (Å²) in [6.07, 6.45) is 3.15. The molecule has 0 bridgehead atoms. The molecule has 2 heterocycles. The Morgan fingerprint density at radius 2 is 1.90 bits per heavy atom. The van der Waals surface area contributed by atoms with Crippen molar-refractivity contribution in [2.45, 2.75) is 26.8 Å². The third kappa shape index (κ3) is 5.56. The lowest BCUT2D eigenvalue weighted by Gasteiger charge is -2.25. The first-order valence-electron chi connectivity index (χ1n) is 12.3. The minimum atomic E-state index is -1.10. The predicted molar refractivity (Wildman–Crippen MR) is 147 cm³/mol. The van der Waals surface area contributed by atoms with Crippen molar-refractivity contribution in [1.82, 2.24) is 4.57 Å². The lowest BCUT2D eigenvalue weighted by molar-refractivity contribution is -0.139. The first kappa shape index (κ1) is 27.6. The molecule has 0 amide bonds. The highest BCUT2D eigenvalue weighted by Gasteiger charge is 2.34. The molecule has 1 unspecified atom stereocenters. The molecule has 4 rings (SSSR count). The number of fused-ring (bicyclic) bond motifs is 1. The van der Waals surface area contributed by atoms with E-state index in [1.165, 1.54) is 16.7 Å². The number of benzene rings is 2. The zero-order valence-electron chi connectivity index (χ0n) is 21.8. The molecule has 1 aliphatic heterocycles. The van der Waals surface area contributed by atoms with E-state index >= 15 is 0 Å². The number of carboxylic acids is 1. The summed E-state index contributed by atoms with van der Waals surface area (Å²) < 4.78 is 18.6. The maximum atomic E-state index is 13.8. The summed E-state index contributed by atoms with van der Waals surface area (Å²) in [5, 5.41) is 9.59. The van der Waals surface area contributed by atoms with Crippen LogP contribution in [0.2, 0.25) is 0 Å². The first-order valence-corrected chi connectivity index (χ1v) is 13.1. The van der Waals surface area contributed by atoms with E-state index < -0.39 is 23.5 Å². The monoisotopic (exact) mass is 548 g/mol. The van der Waals surface area contributed by atoms with Crippen molar-refractivity contribution < 1.29 is 28.9 Å². The molecule has 1 aromatic heterocycles. The molecule has 39 heavy (non-hydrogen) atoms. The Labute approximate surface area is 228 Å². The topological polar surface area (TPSA) is 116 Å². The molecule has 202 valence electrons. The van der Waals surface area contributed by atoms with E-state index in [1.807, 2.05) is 6.92 Å². The lowest BCUT2D eigenvalue weighted by atomic mass is 9.95. The number of carboxylic acid groups (broad SMARTS) is 1. The average molecular weight is 549 g/mol. The molecular weight excluding hydrogens is 520 g/mol. The molecule has 2 aromatic carbocycles. The van der Waals surface area contributed by atoms with Gasteiger partial charge in [-0.2, -0.15) is 0 Å². The SMILES string of the molecule is C=CCOc1ccc(C2C(C(=O)OCC)=C(C)N=c3sc(=Cc4ccccc4C(=O)O)c(=O)n32)cc1OCC. The van der Waals surface area contributed by atoms with Crippen molar-refractivity contribution in [3.8, 4) is 11.5 Å². The zero-order chi connectivity index (χ0) is 28.1. The Balaban J connectivity index is 1.96. The minimum absolute atomic E-state index is 0.0692. The van der Waals surface area contributed by atoms with Crippen LogP contribution in [-0.4, -0.2) is 41.4 Å². The third-order valence-corrected chi connectivity index (χ3v) is 6.92. The standard InChI is InChI=1S/C29H28N2O7S/c1-5-14-38-21-13-12-19(15-22(21)36-6-2)25-24(28(35)37-7-3)17(4)30-29-31(25)26(32)23(39-29)16-18-10-8-9-11-20(18)27(33)34/h5,8-13,15-16,25H,1,6-7,14H2,2-4H3,(H,33,34). The summed E-state index contributed by atoms with van der Waals surface area (Å²) in [7, 11) is 0. The molecule has 0 spiro atoms. The summed E-state index contributed by atoms with van der Waals surface area (Å²) in [4.78, 5) is 43.6. The second kappa shape index (κ2) is 12.0. The Morgan fingerprint density at radius 1 is 1.13 bits per heavy atom. The van der Waals surface area contributed by atoms with Gasteiger partial charge in [-0.05, 0) is 56.2 Å². The van der Waals surface area contributed by atoms with Crippen molar-refractivity contribution in [3.05, 3.63) is 103 Å². The van der Waals surface area contributed by atoms with Crippen LogP contribution in [0.25, 0.3) is 6.08 Å². The highest BCUT2D eigenvalue weighted by atomic mass is 32.1. The van der Waals surface area contributed by atoms with E-state index in [-0.39, 0.29) is 28.9 Å². The maximum absolute atomic E-state index is 13.8. The van der Waals surface area contributed by atoms with Crippen LogP contribution in [0.4, 0.5) is 0 Å². The Bertz CT molecular complexity index is 1650. The molecular formula is C29H28N2O7S. The Kier molecular flexibility index (Phi) is 8.46. The van der Waals surface area contributed by atoms with Crippen molar-refractivity contribution in [3.63, 3.8) is 0 Å². The van der Waals surface area contributed by atoms with Crippen LogP contribution in [0.3, 0.4) is 0 Å². The number of thiazole rings is 1. The van der Waals surface area contributed by atoms with Gasteiger partial charge in [0.1, 0.15) is 6.61 Å². The molecule has 9 nitrogen and oxygen atoms in total. The molecule has 0 fully saturated rings. The smallest absolute Gasteiger partial charge is 0.338 e. The molecule has 1 aliphatic rings. The van der Waals surface area contributed by atoms with Crippen LogP contribution >= 0.6 is 11.3 Å². The van der Waals surface area contributed by atoms with Crippen LogP contribution in [0, 0.1) is 0 Å². The number of carbonyl (C=O) groups excluding carboxylic acids is 1. The van der Waals surface area contributed by atoms with Gasteiger partial charge in [0, 0.05) is 0 Å². The van der Waals surface area contributed by atoms with E-state index in [9.17, 15) is 19.5 Å². The van der Waals surface area contributed by atoms with E-state index in [1.54, 1.807) is 56.3 Å². The molecule has 0 aliphatic carbocycles. The normalized spacial score (nSPS) is 14.8. The van der Waals surface area contributed by atoms with Gasteiger partial charge < -0.3 is 19.3 Å². The highest BCUT2D eigenvalue weighted by Crippen LogP contribution is 2.36. The summed E-state index contributed by atoms with van der Waals surface area (Å²) in [6.45, 7) is 9.72. The van der Waals surface area contributed by atoms with Gasteiger partial charge in [0.05, 0.1) is 40.6 Å². The zero-order valence-corrected chi connectivity index (χ0v) is 22.6. The van der Waals surface area contributed by atoms with Gasteiger partial charge in [-0.15, -0.1) is 0 Å². The van der Waals surface area contributed by atoms with E-state index in [0.29, 0.717) is 39.7 Å². The number of allylic oxidation sites excluding steroid dienone is 1. The summed E-state index contributed by atoms with van der Waals surface area (Å²) in [5.74, 6) is -0.738. The minimum Gasteiger partial charge on any atom is -0.490 e. The number of hydrogen-bond donors (Lipinski definition) is 1. The molecule has 1 N–H and O–H groups in total. The summed E-state index contributed by atoms with van der Waals surface area (Å²) in [5.41, 5.74) is 1.28. The van der Waals surface area contributed by atoms with Gasteiger partial charge in [0.2, 0.25) is 0 Å². The molecule has 10 heteroatoms. The number of aromatic carboxylic acids is 1. The lowest BCUT2D eigenvalue weighted by Crippen LogP contribution is -2.40. The van der Waals surface area contributed by atoms with Crippen LogP contribution in [0.15, 0.2) is 76.2 Å². The quantitative estimate of drug-likeness (QED) is 0.305. The number of ether oxygens (including phenoxy) is 3. The largest absolute Gasteiger partial charge is 0.490 e. The summed E-state index contributed by atoms with van der Waals surface area (Å²) >= 11 is 1.12. The van der Waals surface area contributed by atoms with Gasteiger partial charge in [0.25, 0.3) is 5.56 Å². The van der Waals surface area contributed by atoms with Crippen molar-refractivity contribution in [2.24, 2.45) is 4.99 Å². The highest BCUT2D eigenvalue weighted by molar-refractivity contribution is 7.07. The summed E-state index contributed by atoms with van der Waals surface area (Å²) in [6, 6.07) is 10.8. The number of hydrogen-bond acceptors (Lipinski definition) is 8. The van der Waals surface area contributed by atoms with Crippen LogP contribution in [0.1, 0.15) is 48.3 Å². The first-order chi connectivity index (χ1) is 18.8. The van der Waals surface area contributed by atoms with Gasteiger partial charge in [-0.1, -0.05) is 48.3 Å². The predicted octanol–water partition coefficient (Wildman–Crippen LogP) is 3.46. The Morgan fingerprint density at radius 3 is 2.59 bits per heavy atom. The molecule has 1 atom stereocenters. The van der Waals surface area contributed by atoms with Gasteiger partial charge in [-0.3, -0.25) is 9.36 Å². The second-order valence-corrected chi connectivity index (χ2v) is 9.44. The van der Waals surface area contributed by atoms with Gasteiger partial charge >= 0.3 is 11.9 Å². The number of carbonyl (C=O) groups is 2. The number of esters is 1. The molecule has 0 radical (unpaired) electrons. The van der Waals surface area contributed by atoms with E-state index in [2.05, 4.69) is 11.6 Å². The number of rotatable bonds is 10. The molecule has 0 saturated carbocycles. The average Bonchev–Trinajstić information content (AvgIpc) is 3.21. The molecule has 0 saturated heterocycles. The van der Waals surface area contributed by atoms with Gasteiger partial charge in [-0.25, -0.2) is 14.6 Å². The van der Waals surface area contributed by atoms with Crippen molar-refractivity contribution in [1.29, 1.82) is 0 Å². The second-order valence-electron chi connectivity index (χ2n) is 8.43. The van der Waals surface area contributed by atoms with Crippen molar-refractivity contribution >= 4 is 29.4 Å². The van der Waals surface area contributed by atoms with E-state index in [0.717, 1.165) is 11.3 Å². The fourth-order valence-corrected chi connectivity index (χ4v) is 5.33. The number of nitrogens with zero attached hydrogens (tertiary/aromatic N) is 2. The fraction of sp³-hybridized carbons (Fsp3) is 0.241. The maximum Gasteiger partial charge on any atom is 0.338 e. The van der Waals surface area contributed by atoms with Crippen molar-refractivity contribution in [2.75, 3.05) is 19.8 Å². The third-order valence-electron chi connectivity index (χ3n) is 5.93. The van der Waals surface area contributed by atoms with Crippen LogP contribution in [0.5, 0.6) is 11.5 Å². The number of aromatic nitrogens is 1. The van der Waals surface area contributed by atoms with Crippen LogP contribution in [-0.2, 0) is 9.53 Å². The van der Waals surface area contributed by atoms with E-state index in [4.69, 9.17) is 14.2 Å². The molecule has 3 aromatic rings. The van der Waals surface area contributed by atoms with Gasteiger partial charge in [0.15, 0.2) is 16.3 Å². The van der Waals surface area contributed by atoms with Crippen LogP contribution < -0.4 is 24.4 Å². The fourth-order valence-electron chi connectivity index (χ4n) is 4.30. The Hall–Kier alpha value is -4.44.